The molecule has 3 aromatic rings. The van der Waals surface area contributed by atoms with Gasteiger partial charge in [-0.15, -0.1) is 0 Å². The van der Waals surface area contributed by atoms with Crippen molar-refractivity contribution in [2.75, 3.05) is 17.2 Å². The minimum absolute atomic E-state index is 0.238. The molecule has 11 nitrogen and oxygen atoms in total. The maximum absolute atomic E-state index is 13.0. The Balaban J connectivity index is 1.27. The van der Waals surface area contributed by atoms with Gasteiger partial charge in [0.15, 0.2) is 0 Å². The zero-order valence-electron chi connectivity index (χ0n) is 20.6. The molecule has 36 heavy (non-hydrogen) atoms. The maximum atomic E-state index is 13.0. The highest BCUT2D eigenvalue weighted by atomic mass is 16.2. The Morgan fingerprint density at radius 2 is 1.58 bits per heavy atom. The molecule has 0 saturated heterocycles. The molecule has 0 fully saturated rings. The van der Waals surface area contributed by atoms with Crippen molar-refractivity contribution in [2.45, 2.75) is 46.1 Å². The third-order valence-corrected chi connectivity index (χ3v) is 6.28. The van der Waals surface area contributed by atoms with Gasteiger partial charge in [0.1, 0.15) is 5.69 Å². The standard InChI is InChI=1S/C25H29N7O4/c1-4-32-22(23(34)29-19-14-26-30(3)16(19)2)20(15-27-32)28-21(33)12-6-5-9-13-31-24(35)17-10-7-8-11-18(17)25(31)36/h7-8,10-11,14-15H,4-6,9,12-13H2,1-3H3,(H,28,33)(H,29,34). The van der Waals surface area contributed by atoms with Crippen LogP contribution >= 0.6 is 0 Å². The van der Waals surface area contributed by atoms with Gasteiger partial charge in [-0.2, -0.15) is 10.2 Å². The number of imide groups is 1. The van der Waals surface area contributed by atoms with E-state index in [1.807, 2.05) is 13.8 Å². The first-order valence-electron chi connectivity index (χ1n) is 11.9. The number of nitrogens with one attached hydrogen (secondary N) is 2. The Bertz CT molecular complexity index is 1290. The van der Waals surface area contributed by atoms with Gasteiger partial charge in [0.2, 0.25) is 5.91 Å². The molecule has 4 amide bonds. The van der Waals surface area contributed by atoms with Gasteiger partial charge in [-0.1, -0.05) is 18.6 Å². The lowest BCUT2D eigenvalue weighted by atomic mass is 10.1. The predicted molar refractivity (Wildman–Crippen MR) is 133 cm³/mol. The van der Waals surface area contributed by atoms with E-state index in [0.717, 1.165) is 5.69 Å². The van der Waals surface area contributed by atoms with Crippen LogP contribution in [0, 0.1) is 6.92 Å². The van der Waals surface area contributed by atoms with Gasteiger partial charge in [0.25, 0.3) is 17.7 Å². The van der Waals surface area contributed by atoms with Crippen LogP contribution in [-0.2, 0) is 18.4 Å². The van der Waals surface area contributed by atoms with E-state index in [9.17, 15) is 19.2 Å². The van der Waals surface area contributed by atoms with Crippen molar-refractivity contribution in [3.05, 3.63) is 59.2 Å². The van der Waals surface area contributed by atoms with Gasteiger partial charge in [-0.05, 0) is 38.8 Å². The Hall–Kier alpha value is -4.28. The topological polar surface area (TPSA) is 131 Å². The number of fused-ring (bicyclic) bond motifs is 1. The summed E-state index contributed by atoms with van der Waals surface area (Å²) in [6.07, 6.45) is 5.12. The first kappa shape index (κ1) is 24.8. The predicted octanol–water partition coefficient (Wildman–Crippen LogP) is 2.99. The smallest absolute Gasteiger partial charge is 0.276 e. The van der Waals surface area contributed by atoms with Crippen LogP contribution in [0.5, 0.6) is 0 Å². The zero-order chi connectivity index (χ0) is 25.8. The van der Waals surface area contributed by atoms with Gasteiger partial charge in [0.05, 0.1) is 40.6 Å². The highest BCUT2D eigenvalue weighted by Crippen LogP contribution is 2.23. The summed E-state index contributed by atoms with van der Waals surface area (Å²) in [7, 11) is 1.78. The van der Waals surface area contributed by atoms with Crippen molar-refractivity contribution < 1.29 is 19.2 Å². The Morgan fingerprint density at radius 3 is 2.19 bits per heavy atom. The quantitative estimate of drug-likeness (QED) is 0.331. The van der Waals surface area contributed by atoms with E-state index < -0.39 is 0 Å². The summed E-state index contributed by atoms with van der Waals surface area (Å²) in [6.45, 7) is 4.48. The monoisotopic (exact) mass is 491 g/mol. The van der Waals surface area contributed by atoms with E-state index in [4.69, 9.17) is 0 Å². The number of amides is 4. The fraction of sp³-hybridized carbons (Fsp3) is 0.360. The van der Waals surface area contributed by atoms with E-state index in [-0.39, 0.29) is 35.7 Å². The highest BCUT2D eigenvalue weighted by molar-refractivity contribution is 6.21. The number of benzene rings is 1. The van der Waals surface area contributed by atoms with E-state index in [0.29, 0.717) is 54.9 Å². The Labute approximate surface area is 208 Å². The molecule has 0 saturated carbocycles. The van der Waals surface area contributed by atoms with Crippen LogP contribution in [0.4, 0.5) is 11.4 Å². The first-order valence-corrected chi connectivity index (χ1v) is 11.9. The number of unbranched alkanes of at least 4 members (excludes halogenated alkanes) is 2. The first-order chi connectivity index (χ1) is 17.3. The SMILES string of the molecule is CCn1ncc(NC(=O)CCCCCN2C(=O)c3ccccc3C2=O)c1C(=O)Nc1cnn(C)c1C. The zero-order valence-corrected chi connectivity index (χ0v) is 20.6. The summed E-state index contributed by atoms with van der Waals surface area (Å²) in [5.74, 6) is -1.16. The minimum Gasteiger partial charge on any atom is -0.323 e. The summed E-state index contributed by atoms with van der Waals surface area (Å²) in [5, 5.41) is 14.0. The number of hydrogen-bond acceptors (Lipinski definition) is 6. The third-order valence-electron chi connectivity index (χ3n) is 6.28. The number of aromatic nitrogens is 4. The largest absolute Gasteiger partial charge is 0.323 e. The molecule has 1 aromatic carbocycles. The van der Waals surface area contributed by atoms with Crippen molar-refractivity contribution in [1.29, 1.82) is 0 Å². The summed E-state index contributed by atoms with van der Waals surface area (Å²) >= 11 is 0. The number of anilines is 2. The number of carbonyl (C=O) groups excluding carboxylic acids is 4. The summed E-state index contributed by atoms with van der Waals surface area (Å²) < 4.78 is 3.18. The van der Waals surface area contributed by atoms with Gasteiger partial charge in [0, 0.05) is 26.6 Å². The molecule has 0 bridgehead atoms. The number of aryl methyl sites for hydroxylation is 2. The number of hydrogen-bond donors (Lipinski definition) is 2. The fourth-order valence-corrected chi connectivity index (χ4v) is 4.15. The van der Waals surface area contributed by atoms with Crippen molar-refractivity contribution in [2.24, 2.45) is 7.05 Å². The molecule has 0 unspecified atom stereocenters. The van der Waals surface area contributed by atoms with Crippen LogP contribution in [0.15, 0.2) is 36.7 Å². The van der Waals surface area contributed by atoms with Crippen LogP contribution in [-0.4, -0.2) is 54.6 Å². The van der Waals surface area contributed by atoms with E-state index in [2.05, 4.69) is 20.8 Å². The van der Waals surface area contributed by atoms with Crippen LogP contribution in [0.1, 0.15) is 69.5 Å². The van der Waals surface area contributed by atoms with Gasteiger partial charge in [-0.3, -0.25) is 33.4 Å². The van der Waals surface area contributed by atoms with Gasteiger partial charge in [-0.25, -0.2) is 0 Å². The lowest BCUT2D eigenvalue weighted by Gasteiger charge is -2.13. The van der Waals surface area contributed by atoms with E-state index in [1.54, 1.807) is 42.2 Å². The molecular weight excluding hydrogens is 462 g/mol. The number of rotatable bonds is 10. The molecule has 188 valence electrons. The molecule has 2 N–H and O–H groups in total. The molecule has 0 atom stereocenters. The summed E-state index contributed by atoms with van der Waals surface area (Å²) in [6, 6.07) is 6.80. The summed E-state index contributed by atoms with van der Waals surface area (Å²) in [4.78, 5) is 51.6. The lowest BCUT2D eigenvalue weighted by Crippen LogP contribution is -2.30. The van der Waals surface area contributed by atoms with Gasteiger partial charge < -0.3 is 10.6 Å². The lowest BCUT2D eigenvalue weighted by molar-refractivity contribution is -0.116. The molecule has 2 aromatic heterocycles. The second kappa shape index (κ2) is 10.5. The molecular formula is C25H29N7O4. The normalized spacial score (nSPS) is 12.7. The van der Waals surface area contributed by atoms with Crippen molar-refractivity contribution >= 4 is 35.0 Å². The van der Waals surface area contributed by atoms with Crippen LogP contribution in [0.2, 0.25) is 0 Å². The van der Waals surface area contributed by atoms with Crippen LogP contribution in [0.3, 0.4) is 0 Å². The maximum Gasteiger partial charge on any atom is 0.276 e. The number of nitrogens with zero attached hydrogens (tertiary/aromatic N) is 5. The van der Waals surface area contributed by atoms with Gasteiger partial charge >= 0.3 is 0 Å². The second-order valence-electron chi connectivity index (χ2n) is 8.61. The number of carbonyl (C=O) groups is 4. The van der Waals surface area contributed by atoms with Crippen molar-refractivity contribution in [1.82, 2.24) is 24.5 Å². The average molecular weight is 492 g/mol. The average Bonchev–Trinajstić information content (AvgIpc) is 3.50. The Morgan fingerprint density at radius 1 is 0.917 bits per heavy atom. The molecule has 4 rings (SSSR count). The minimum atomic E-state index is -0.387. The molecule has 3 heterocycles. The van der Waals surface area contributed by atoms with Crippen LogP contribution < -0.4 is 10.6 Å². The molecule has 1 aliphatic rings. The van der Waals surface area contributed by atoms with E-state index >= 15 is 0 Å². The molecule has 0 aliphatic carbocycles. The summed E-state index contributed by atoms with van der Waals surface area (Å²) in [5.41, 5.74) is 2.87. The molecule has 1 aliphatic heterocycles. The Kier molecular flexibility index (Phi) is 7.28. The fourth-order valence-electron chi connectivity index (χ4n) is 4.15. The van der Waals surface area contributed by atoms with Crippen LogP contribution in [0.25, 0.3) is 0 Å². The second-order valence-corrected chi connectivity index (χ2v) is 8.61. The molecule has 0 spiro atoms. The highest BCUT2D eigenvalue weighted by Gasteiger charge is 2.34. The molecule has 0 radical (unpaired) electrons. The van der Waals surface area contributed by atoms with Crippen molar-refractivity contribution in [3.8, 4) is 0 Å². The third kappa shape index (κ3) is 4.90. The van der Waals surface area contributed by atoms with E-state index in [1.165, 1.54) is 15.8 Å². The van der Waals surface area contributed by atoms with Crippen molar-refractivity contribution in [3.63, 3.8) is 0 Å². The molecule has 11 heteroatoms.